The van der Waals surface area contributed by atoms with Crippen LogP contribution in [0, 0.1) is 0 Å². The van der Waals surface area contributed by atoms with Gasteiger partial charge in [0.25, 0.3) is 0 Å². The molecule has 0 bridgehead atoms. The molecule has 0 spiro atoms. The summed E-state index contributed by atoms with van der Waals surface area (Å²) in [6.45, 7) is 5.36. The summed E-state index contributed by atoms with van der Waals surface area (Å²) < 4.78 is 10.6. The van der Waals surface area contributed by atoms with Crippen LogP contribution in [0.25, 0.3) is 0 Å². The molecule has 6 nitrogen and oxygen atoms in total. The topological polar surface area (TPSA) is 73.3 Å². The number of nitrogens with one attached hydrogen (secondary N) is 1. The quantitative estimate of drug-likeness (QED) is 0.913. The van der Waals surface area contributed by atoms with Crippen molar-refractivity contribution in [2.24, 2.45) is 0 Å². The van der Waals surface area contributed by atoms with Gasteiger partial charge < -0.3 is 9.47 Å². The summed E-state index contributed by atoms with van der Waals surface area (Å²) >= 11 is 6.12. The fourth-order valence-corrected chi connectivity index (χ4v) is 1.74. The molecule has 1 aromatic heterocycles. The van der Waals surface area contributed by atoms with E-state index in [4.69, 9.17) is 21.1 Å². The smallest absolute Gasteiger partial charge is 0.412 e. The predicted octanol–water partition coefficient (Wildman–Crippen LogP) is 4.27. The lowest BCUT2D eigenvalue weighted by molar-refractivity contribution is 0.0636. The first-order valence-corrected chi connectivity index (χ1v) is 6.96. The summed E-state index contributed by atoms with van der Waals surface area (Å²) in [7, 11) is 0. The van der Waals surface area contributed by atoms with Crippen LogP contribution in [0.1, 0.15) is 20.8 Å². The molecule has 1 heterocycles. The number of carbonyl (C=O) groups excluding carboxylic acids is 1. The Labute approximate surface area is 133 Å². The second-order valence-corrected chi connectivity index (χ2v) is 5.81. The van der Waals surface area contributed by atoms with E-state index in [9.17, 15) is 4.79 Å². The van der Waals surface area contributed by atoms with E-state index in [-0.39, 0.29) is 6.01 Å². The van der Waals surface area contributed by atoms with Crippen LogP contribution >= 0.6 is 11.6 Å². The molecule has 1 amide bonds. The van der Waals surface area contributed by atoms with Crippen LogP contribution < -0.4 is 10.1 Å². The van der Waals surface area contributed by atoms with E-state index in [0.29, 0.717) is 16.5 Å². The molecule has 22 heavy (non-hydrogen) atoms. The second kappa shape index (κ2) is 6.62. The Morgan fingerprint density at radius 2 is 1.91 bits per heavy atom. The van der Waals surface area contributed by atoms with Crippen LogP contribution in [-0.2, 0) is 4.74 Å². The minimum atomic E-state index is -0.568. The van der Waals surface area contributed by atoms with Crippen LogP contribution in [-0.4, -0.2) is 21.7 Å². The molecule has 0 saturated carbocycles. The van der Waals surface area contributed by atoms with Crippen molar-refractivity contribution < 1.29 is 14.3 Å². The largest absolute Gasteiger partial charge is 0.444 e. The van der Waals surface area contributed by atoms with Gasteiger partial charge in [-0.2, -0.15) is 0 Å². The molecular weight excluding hydrogens is 306 g/mol. The fraction of sp³-hybridized carbons (Fsp3) is 0.267. The lowest BCUT2D eigenvalue weighted by Gasteiger charge is -2.19. The molecule has 116 valence electrons. The number of benzene rings is 1. The van der Waals surface area contributed by atoms with Gasteiger partial charge in [0, 0.05) is 18.1 Å². The normalized spacial score (nSPS) is 10.9. The molecular formula is C15H16ClN3O3. The van der Waals surface area contributed by atoms with E-state index in [1.807, 2.05) is 0 Å². The fourth-order valence-electron chi connectivity index (χ4n) is 1.52. The zero-order valence-corrected chi connectivity index (χ0v) is 13.2. The highest BCUT2D eigenvalue weighted by Crippen LogP contribution is 2.30. The van der Waals surface area contributed by atoms with E-state index in [2.05, 4.69) is 15.3 Å². The van der Waals surface area contributed by atoms with Crippen molar-refractivity contribution in [3.8, 4) is 11.8 Å². The van der Waals surface area contributed by atoms with E-state index < -0.39 is 11.7 Å². The maximum Gasteiger partial charge on any atom is 0.412 e. The number of halogens is 1. The first kappa shape index (κ1) is 16.0. The molecule has 1 aromatic carbocycles. The highest BCUT2D eigenvalue weighted by atomic mass is 35.5. The zero-order chi connectivity index (χ0) is 16.2. The Kier molecular flexibility index (Phi) is 4.82. The number of anilines is 1. The maximum absolute atomic E-state index is 11.7. The number of rotatable bonds is 3. The van der Waals surface area contributed by atoms with Crippen molar-refractivity contribution in [3.05, 3.63) is 41.7 Å². The van der Waals surface area contributed by atoms with Crippen molar-refractivity contribution in [2.75, 3.05) is 5.32 Å². The molecule has 2 aromatic rings. The Morgan fingerprint density at radius 3 is 2.50 bits per heavy atom. The first-order valence-electron chi connectivity index (χ1n) is 6.58. The van der Waals surface area contributed by atoms with Crippen LogP contribution in [0.4, 0.5) is 10.5 Å². The number of nitrogens with zero attached hydrogens (tertiary/aromatic N) is 2. The minimum absolute atomic E-state index is 0.192. The monoisotopic (exact) mass is 321 g/mol. The number of carbonyl (C=O) groups is 1. The van der Waals surface area contributed by atoms with E-state index in [1.54, 1.807) is 57.4 Å². The second-order valence-electron chi connectivity index (χ2n) is 5.41. The SMILES string of the molecule is CC(C)(C)OC(=O)Nc1ccc(Oc2ncccn2)c(Cl)c1. The van der Waals surface area contributed by atoms with Gasteiger partial charge in [-0.3, -0.25) is 5.32 Å². The molecule has 0 aliphatic rings. The van der Waals surface area contributed by atoms with E-state index in [1.165, 1.54) is 0 Å². The highest BCUT2D eigenvalue weighted by molar-refractivity contribution is 6.32. The Hall–Kier alpha value is -2.34. The molecule has 1 N–H and O–H groups in total. The number of aromatic nitrogens is 2. The maximum atomic E-state index is 11.7. The molecule has 2 rings (SSSR count). The third-order valence-corrected chi connectivity index (χ3v) is 2.62. The summed E-state index contributed by atoms with van der Waals surface area (Å²) in [5.74, 6) is 0.391. The van der Waals surface area contributed by atoms with Gasteiger partial charge in [0.2, 0.25) is 0 Å². The van der Waals surface area contributed by atoms with Gasteiger partial charge in [-0.15, -0.1) is 0 Å². The van der Waals surface area contributed by atoms with Gasteiger partial charge in [0.1, 0.15) is 11.4 Å². The summed E-state index contributed by atoms with van der Waals surface area (Å²) in [4.78, 5) is 19.6. The predicted molar refractivity (Wildman–Crippen MR) is 83.4 cm³/mol. The van der Waals surface area contributed by atoms with Crippen LogP contribution in [0.15, 0.2) is 36.7 Å². The minimum Gasteiger partial charge on any atom is -0.444 e. The molecule has 0 atom stereocenters. The van der Waals surface area contributed by atoms with Crippen LogP contribution in [0.2, 0.25) is 5.02 Å². The number of hydrogen-bond acceptors (Lipinski definition) is 5. The molecule has 0 saturated heterocycles. The first-order chi connectivity index (χ1) is 10.3. The average molecular weight is 322 g/mol. The molecule has 0 aliphatic carbocycles. The van der Waals surface area contributed by atoms with Gasteiger partial charge in [0.05, 0.1) is 5.02 Å². The third kappa shape index (κ3) is 4.89. The molecule has 0 radical (unpaired) electrons. The Bertz CT molecular complexity index is 657. The van der Waals surface area contributed by atoms with Crippen molar-refractivity contribution in [3.63, 3.8) is 0 Å². The van der Waals surface area contributed by atoms with Crippen LogP contribution in [0.5, 0.6) is 11.8 Å². The van der Waals surface area contributed by atoms with E-state index >= 15 is 0 Å². The number of amides is 1. The van der Waals surface area contributed by atoms with Gasteiger partial charge >= 0.3 is 12.1 Å². The van der Waals surface area contributed by atoms with Gasteiger partial charge in [-0.05, 0) is 45.0 Å². The lowest BCUT2D eigenvalue weighted by atomic mass is 10.2. The van der Waals surface area contributed by atoms with Crippen molar-refractivity contribution in [2.45, 2.75) is 26.4 Å². The molecule has 0 fully saturated rings. The lowest BCUT2D eigenvalue weighted by Crippen LogP contribution is -2.27. The van der Waals surface area contributed by atoms with E-state index in [0.717, 1.165) is 0 Å². The van der Waals surface area contributed by atoms with Crippen molar-refractivity contribution in [1.29, 1.82) is 0 Å². The van der Waals surface area contributed by atoms with Crippen molar-refractivity contribution >= 4 is 23.4 Å². The molecule has 0 unspecified atom stereocenters. The molecule has 0 aliphatic heterocycles. The number of hydrogen-bond donors (Lipinski definition) is 1. The number of ether oxygens (including phenoxy) is 2. The van der Waals surface area contributed by atoms with Gasteiger partial charge in [-0.1, -0.05) is 11.6 Å². The third-order valence-electron chi connectivity index (χ3n) is 2.32. The summed E-state index contributed by atoms with van der Waals surface area (Å²) in [6.07, 6.45) is 2.58. The summed E-state index contributed by atoms with van der Waals surface area (Å²) in [6, 6.07) is 6.70. The Balaban J connectivity index is 2.05. The zero-order valence-electron chi connectivity index (χ0n) is 12.5. The van der Waals surface area contributed by atoms with Gasteiger partial charge in [-0.25, -0.2) is 14.8 Å². The van der Waals surface area contributed by atoms with Crippen molar-refractivity contribution in [1.82, 2.24) is 9.97 Å². The summed E-state index contributed by atoms with van der Waals surface area (Å²) in [5, 5.41) is 2.92. The highest BCUT2D eigenvalue weighted by Gasteiger charge is 2.16. The summed E-state index contributed by atoms with van der Waals surface area (Å²) in [5.41, 5.74) is -0.0673. The Morgan fingerprint density at radius 1 is 1.23 bits per heavy atom. The standard InChI is InChI=1S/C15H16ClN3O3/c1-15(2,3)22-14(20)19-10-5-6-12(11(16)9-10)21-13-17-7-4-8-18-13/h4-9H,1-3H3,(H,19,20). The van der Waals surface area contributed by atoms with Crippen LogP contribution in [0.3, 0.4) is 0 Å². The molecule has 7 heteroatoms. The average Bonchev–Trinajstić information content (AvgIpc) is 2.41. The van der Waals surface area contributed by atoms with Gasteiger partial charge in [0.15, 0.2) is 0 Å².